The number of nitrogens with one attached hydrogen (secondary N) is 1. The fourth-order valence-corrected chi connectivity index (χ4v) is 4.35. The molecule has 1 aliphatic carbocycles. The number of thiazole rings is 1. The zero-order chi connectivity index (χ0) is 15.8. The summed E-state index contributed by atoms with van der Waals surface area (Å²) in [5.74, 6) is 1.65. The van der Waals surface area contributed by atoms with Gasteiger partial charge < -0.3 is 10.2 Å². The van der Waals surface area contributed by atoms with Gasteiger partial charge in [0, 0.05) is 36.6 Å². The lowest BCUT2D eigenvalue weighted by molar-refractivity contribution is 0.0934. The largest absolute Gasteiger partial charge is 0.348 e. The van der Waals surface area contributed by atoms with Crippen LogP contribution in [0.1, 0.15) is 52.8 Å². The molecule has 1 saturated heterocycles. The van der Waals surface area contributed by atoms with Crippen LogP contribution in [0.4, 0.5) is 5.13 Å². The summed E-state index contributed by atoms with van der Waals surface area (Å²) in [7, 11) is 0. The van der Waals surface area contributed by atoms with E-state index in [1.807, 2.05) is 6.92 Å². The zero-order valence-corrected chi connectivity index (χ0v) is 14.6. The van der Waals surface area contributed by atoms with Crippen molar-refractivity contribution in [1.29, 1.82) is 0 Å². The summed E-state index contributed by atoms with van der Waals surface area (Å²) in [5.41, 5.74) is 2.53. The number of anilines is 1. The van der Waals surface area contributed by atoms with Gasteiger partial charge in [-0.05, 0) is 32.6 Å². The summed E-state index contributed by atoms with van der Waals surface area (Å²) in [6.07, 6.45) is 4.37. The summed E-state index contributed by atoms with van der Waals surface area (Å²) in [6, 6.07) is 0.232. The molecule has 2 fully saturated rings. The van der Waals surface area contributed by atoms with E-state index in [1.165, 1.54) is 35.7 Å². The molecule has 0 radical (unpaired) electrons. The summed E-state index contributed by atoms with van der Waals surface area (Å²) >= 11 is 2.92. The van der Waals surface area contributed by atoms with E-state index in [2.05, 4.69) is 24.6 Å². The molecule has 1 amide bonds. The molecule has 4 rings (SSSR count). The maximum absolute atomic E-state index is 12.3. The highest BCUT2D eigenvalue weighted by molar-refractivity contribution is 7.11. The van der Waals surface area contributed by atoms with Crippen LogP contribution in [0.25, 0.3) is 0 Å². The quantitative estimate of drug-likeness (QED) is 0.918. The molecule has 0 unspecified atom stereocenters. The van der Waals surface area contributed by atoms with Gasteiger partial charge in [0.05, 0.1) is 11.2 Å². The van der Waals surface area contributed by atoms with Crippen molar-refractivity contribution in [2.75, 3.05) is 18.0 Å². The van der Waals surface area contributed by atoms with Crippen LogP contribution in [0.15, 0.2) is 5.51 Å². The number of aryl methyl sites for hydroxylation is 1. The van der Waals surface area contributed by atoms with Gasteiger partial charge in [0.2, 0.25) is 5.13 Å². The number of aromatic nitrogens is 3. The molecule has 0 atom stereocenters. The van der Waals surface area contributed by atoms with Crippen molar-refractivity contribution in [3.05, 3.63) is 21.9 Å². The number of carbonyl (C=O) groups excluding carboxylic acids is 1. The predicted octanol–water partition coefficient (Wildman–Crippen LogP) is 2.58. The highest BCUT2D eigenvalue weighted by atomic mass is 32.1. The van der Waals surface area contributed by atoms with Gasteiger partial charge in [-0.15, -0.1) is 11.3 Å². The number of nitrogens with zero attached hydrogens (tertiary/aromatic N) is 4. The fraction of sp³-hybridized carbons (Fsp3) is 0.600. The van der Waals surface area contributed by atoms with Gasteiger partial charge in [-0.25, -0.2) is 9.97 Å². The smallest absolute Gasteiger partial charge is 0.263 e. The molecule has 1 saturated carbocycles. The van der Waals surface area contributed by atoms with Crippen molar-refractivity contribution < 1.29 is 4.79 Å². The highest BCUT2D eigenvalue weighted by Crippen LogP contribution is 2.39. The summed E-state index contributed by atoms with van der Waals surface area (Å²) in [4.78, 5) is 24.1. The Kier molecular flexibility index (Phi) is 4.02. The number of carbonyl (C=O) groups is 1. The topological polar surface area (TPSA) is 71.0 Å². The molecule has 23 heavy (non-hydrogen) atoms. The third-order valence-electron chi connectivity index (χ3n) is 4.43. The van der Waals surface area contributed by atoms with Crippen molar-refractivity contribution >= 4 is 33.9 Å². The molecule has 1 aliphatic heterocycles. The van der Waals surface area contributed by atoms with Crippen LogP contribution < -0.4 is 10.2 Å². The van der Waals surface area contributed by atoms with Crippen LogP contribution >= 0.6 is 22.9 Å². The maximum atomic E-state index is 12.3. The first-order valence-electron chi connectivity index (χ1n) is 8.00. The second-order valence-electron chi connectivity index (χ2n) is 6.21. The lowest BCUT2D eigenvalue weighted by Crippen LogP contribution is -2.44. The van der Waals surface area contributed by atoms with Gasteiger partial charge in [-0.3, -0.25) is 4.79 Å². The lowest BCUT2D eigenvalue weighted by Gasteiger charge is -2.31. The zero-order valence-electron chi connectivity index (χ0n) is 13.0. The Balaban J connectivity index is 1.31. The first-order valence-corrected chi connectivity index (χ1v) is 9.65. The SMILES string of the molecule is Cc1ncsc1C(=O)NC1CCN(c2nc(C3CC3)ns2)CC1. The van der Waals surface area contributed by atoms with Crippen LogP contribution in [-0.2, 0) is 0 Å². The van der Waals surface area contributed by atoms with Crippen molar-refractivity contribution in [2.45, 2.75) is 44.6 Å². The van der Waals surface area contributed by atoms with Gasteiger partial charge >= 0.3 is 0 Å². The molecule has 6 nitrogen and oxygen atoms in total. The van der Waals surface area contributed by atoms with E-state index in [0.29, 0.717) is 5.92 Å². The third-order valence-corrected chi connectivity index (χ3v) is 6.14. The number of hydrogen-bond donors (Lipinski definition) is 1. The Labute approximate surface area is 143 Å². The van der Waals surface area contributed by atoms with E-state index in [-0.39, 0.29) is 11.9 Å². The normalized spacial score (nSPS) is 19.1. The van der Waals surface area contributed by atoms with Crippen LogP contribution in [0.2, 0.25) is 0 Å². The van der Waals surface area contributed by atoms with Crippen LogP contribution in [0.5, 0.6) is 0 Å². The second-order valence-corrected chi connectivity index (χ2v) is 7.80. The van der Waals surface area contributed by atoms with Gasteiger partial charge in [0.1, 0.15) is 10.7 Å². The van der Waals surface area contributed by atoms with E-state index in [4.69, 9.17) is 0 Å². The number of piperidine rings is 1. The molecule has 1 N–H and O–H groups in total. The molecule has 3 heterocycles. The standard InChI is InChI=1S/C15H19N5OS2/c1-9-12(22-8-16-9)14(21)17-11-4-6-20(7-5-11)15-18-13(19-23-15)10-2-3-10/h8,10-11H,2-7H2,1H3,(H,17,21). The van der Waals surface area contributed by atoms with Crippen molar-refractivity contribution in [3.8, 4) is 0 Å². The van der Waals surface area contributed by atoms with Crippen LogP contribution in [0.3, 0.4) is 0 Å². The van der Waals surface area contributed by atoms with E-state index >= 15 is 0 Å². The molecule has 0 aromatic carbocycles. The molecular weight excluding hydrogens is 330 g/mol. The molecule has 2 aromatic heterocycles. The Morgan fingerprint density at radius 1 is 1.30 bits per heavy atom. The minimum Gasteiger partial charge on any atom is -0.348 e. The van der Waals surface area contributed by atoms with Crippen LogP contribution in [-0.4, -0.2) is 39.4 Å². The van der Waals surface area contributed by atoms with Gasteiger partial charge in [0.15, 0.2) is 0 Å². The minimum atomic E-state index is 0.00962. The lowest BCUT2D eigenvalue weighted by atomic mass is 10.1. The Morgan fingerprint density at radius 3 is 2.74 bits per heavy atom. The molecule has 2 aromatic rings. The maximum Gasteiger partial charge on any atom is 0.263 e. The average molecular weight is 349 g/mol. The predicted molar refractivity (Wildman–Crippen MR) is 91.4 cm³/mol. The minimum absolute atomic E-state index is 0.00962. The van der Waals surface area contributed by atoms with Crippen molar-refractivity contribution in [1.82, 2.24) is 19.7 Å². The van der Waals surface area contributed by atoms with Crippen LogP contribution in [0, 0.1) is 6.92 Å². The molecule has 122 valence electrons. The first-order chi connectivity index (χ1) is 11.2. The van der Waals surface area contributed by atoms with E-state index < -0.39 is 0 Å². The molecule has 0 spiro atoms. The van der Waals surface area contributed by atoms with Crippen molar-refractivity contribution in [2.24, 2.45) is 0 Å². The van der Waals surface area contributed by atoms with Gasteiger partial charge in [0.25, 0.3) is 5.91 Å². The Hall–Kier alpha value is -1.54. The first kappa shape index (κ1) is 15.0. The third kappa shape index (κ3) is 3.23. The summed E-state index contributed by atoms with van der Waals surface area (Å²) in [5, 5.41) is 4.18. The number of hydrogen-bond acceptors (Lipinski definition) is 7. The van der Waals surface area contributed by atoms with Gasteiger partial charge in [-0.2, -0.15) is 4.37 Å². The molecule has 0 bridgehead atoms. The number of amides is 1. The average Bonchev–Trinajstić information content (AvgIpc) is 3.12. The number of rotatable bonds is 4. The van der Waals surface area contributed by atoms with Gasteiger partial charge in [-0.1, -0.05) is 0 Å². The fourth-order valence-electron chi connectivity index (χ4n) is 2.85. The van der Waals surface area contributed by atoms with Crippen molar-refractivity contribution in [3.63, 3.8) is 0 Å². The summed E-state index contributed by atoms with van der Waals surface area (Å²) in [6.45, 7) is 3.72. The molecule has 2 aliphatic rings. The second kappa shape index (κ2) is 6.16. The van der Waals surface area contributed by atoms with E-state index in [0.717, 1.165) is 47.5 Å². The highest BCUT2D eigenvalue weighted by Gasteiger charge is 2.29. The Morgan fingerprint density at radius 2 is 2.09 bits per heavy atom. The Bertz CT molecular complexity index is 700. The summed E-state index contributed by atoms with van der Waals surface area (Å²) < 4.78 is 4.48. The monoisotopic (exact) mass is 349 g/mol. The van der Waals surface area contributed by atoms with E-state index in [1.54, 1.807) is 5.51 Å². The van der Waals surface area contributed by atoms with E-state index in [9.17, 15) is 4.79 Å². The molecular formula is C15H19N5OS2. The molecule has 8 heteroatoms.